The molecule has 9 heteroatoms. The SMILES string of the molecule is Cn1ccc(-c2nc(N)c(F)nc2-c2cc(Cl)c3oncc3c2)n1. The zero-order valence-corrected chi connectivity index (χ0v) is 13.1. The quantitative estimate of drug-likeness (QED) is 0.600. The number of fused-ring (bicyclic) bond motifs is 1. The Morgan fingerprint density at radius 2 is 2.08 bits per heavy atom. The average molecular weight is 345 g/mol. The molecule has 0 aliphatic heterocycles. The summed E-state index contributed by atoms with van der Waals surface area (Å²) in [4.78, 5) is 8.06. The van der Waals surface area contributed by atoms with E-state index in [1.54, 1.807) is 36.1 Å². The van der Waals surface area contributed by atoms with E-state index in [9.17, 15) is 4.39 Å². The molecule has 0 amide bonds. The molecule has 2 N–H and O–H groups in total. The molecule has 0 aliphatic rings. The fraction of sp³-hybridized carbons (Fsp3) is 0.0667. The highest BCUT2D eigenvalue weighted by Gasteiger charge is 2.19. The van der Waals surface area contributed by atoms with Crippen LogP contribution in [-0.4, -0.2) is 24.9 Å². The number of halogens is 2. The summed E-state index contributed by atoms with van der Waals surface area (Å²) in [5, 5.41) is 9.00. The third kappa shape index (κ3) is 2.28. The maximum atomic E-state index is 13.9. The number of rotatable bonds is 2. The van der Waals surface area contributed by atoms with Crippen LogP contribution in [0.4, 0.5) is 10.2 Å². The lowest BCUT2D eigenvalue weighted by Gasteiger charge is -2.08. The summed E-state index contributed by atoms with van der Waals surface area (Å²) in [5.41, 5.74) is 7.75. The van der Waals surface area contributed by atoms with Crippen LogP contribution in [0.2, 0.25) is 5.02 Å². The van der Waals surface area contributed by atoms with Crippen molar-refractivity contribution in [3.63, 3.8) is 0 Å². The van der Waals surface area contributed by atoms with Gasteiger partial charge in [-0.25, -0.2) is 9.97 Å². The number of hydrogen-bond acceptors (Lipinski definition) is 6. The number of aryl methyl sites for hydroxylation is 1. The molecule has 3 heterocycles. The van der Waals surface area contributed by atoms with Gasteiger partial charge in [-0.1, -0.05) is 16.8 Å². The highest BCUT2D eigenvalue weighted by atomic mass is 35.5. The van der Waals surface area contributed by atoms with Crippen molar-refractivity contribution in [1.29, 1.82) is 0 Å². The first kappa shape index (κ1) is 14.6. The number of nitrogens with zero attached hydrogens (tertiary/aromatic N) is 5. The molecule has 0 unspecified atom stereocenters. The summed E-state index contributed by atoms with van der Waals surface area (Å²) >= 11 is 6.21. The first-order valence-electron chi connectivity index (χ1n) is 6.90. The Hall–Kier alpha value is -3.00. The average Bonchev–Trinajstić information content (AvgIpc) is 3.18. The van der Waals surface area contributed by atoms with Gasteiger partial charge in [0.1, 0.15) is 17.1 Å². The lowest BCUT2D eigenvalue weighted by molar-refractivity contribution is 0.456. The molecular formula is C15H10ClFN6O. The van der Waals surface area contributed by atoms with Crippen LogP contribution in [0.1, 0.15) is 0 Å². The van der Waals surface area contributed by atoms with Gasteiger partial charge in [0.2, 0.25) is 0 Å². The summed E-state index contributed by atoms with van der Waals surface area (Å²) in [6, 6.07) is 5.09. The molecule has 4 aromatic rings. The number of hydrogen-bond donors (Lipinski definition) is 1. The minimum atomic E-state index is -0.855. The monoisotopic (exact) mass is 344 g/mol. The molecule has 0 saturated heterocycles. The van der Waals surface area contributed by atoms with Crippen molar-refractivity contribution in [1.82, 2.24) is 24.9 Å². The molecule has 0 atom stereocenters. The van der Waals surface area contributed by atoms with Crippen LogP contribution in [0, 0.1) is 5.95 Å². The van der Waals surface area contributed by atoms with E-state index >= 15 is 0 Å². The van der Waals surface area contributed by atoms with Crippen molar-refractivity contribution in [3.05, 3.63) is 41.6 Å². The number of aromatic nitrogens is 5. The van der Waals surface area contributed by atoms with Gasteiger partial charge in [0, 0.05) is 24.2 Å². The second-order valence-corrected chi connectivity index (χ2v) is 5.58. The van der Waals surface area contributed by atoms with Crippen LogP contribution in [0.15, 0.2) is 35.1 Å². The highest BCUT2D eigenvalue weighted by molar-refractivity contribution is 6.35. The molecular weight excluding hydrogens is 335 g/mol. The van der Waals surface area contributed by atoms with Gasteiger partial charge in [-0.05, 0) is 18.2 Å². The lowest BCUT2D eigenvalue weighted by Crippen LogP contribution is -2.04. The van der Waals surface area contributed by atoms with Crippen molar-refractivity contribution in [2.45, 2.75) is 0 Å². The van der Waals surface area contributed by atoms with Crippen LogP contribution < -0.4 is 5.73 Å². The predicted molar refractivity (Wildman–Crippen MR) is 86.6 cm³/mol. The molecule has 0 spiro atoms. The second-order valence-electron chi connectivity index (χ2n) is 5.17. The molecule has 120 valence electrons. The van der Waals surface area contributed by atoms with E-state index in [-0.39, 0.29) is 11.5 Å². The normalized spacial score (nSPS) is 11.3. The standard InChI is InChI=1S/C15H10ClFN6O/c1-23-3-2-10(22-23)12-11(20-14(17)15(18)21-12)7-4-8-6-19-24-13(8)9(16)5-7/h2-6H,1H3,(H2,18,21). The van der Waals surface area contributed by atoms with Crippen molar-refractivity contribution >= 4 is 28.4 Å². The topological polar surface area (TPSA) is 95.7 Å². The highest BCUT2D eigenvalue weighted by Crippen LogP contribution is 2.34. The number of benzene rings is 1. The van der Waals surface area contributed by atoms with Crippen LogP contribution in [-0.2, 0) is 7.05 Å². The predicted octanol–water partition coefficient (Wildman–Crippen LogP) is 3.06. The molecule has 0 bridgehead atoms. The summed E-state index contributed by atoms with van der Waals surface area (Å²) in [5.74, 6) is -1.15. The Bertz CT molecular complexity index is 1070. The van der Waals surface area contributed by atoms with E-state index in [1.165, 1.54) is 6.20 Å². The molecule has 7 nitrogen and oxygen atoms in total. The lowest BCUT2D eigenvalue weighted by atomic mass is 10.1. The number of nitrogen functional groups attached to an aromatic ring is 1. The van der Waals surface area contributed by atoms with Gasteiger partial charge in [-0.2, -0.15) is 9.49 Å². The Morgan fingerprint density at radius 3 is 2.83 bits per heavy atom. The van der Waals surface area contributed by atoms with Gasteiger partial charge in [-0.3, -0.25) is 4.68 Å². The van der Waals surface area contributed by atoms with Crippen LogP contribution in [0.25, 0.3) is 33.6 Å². The smallest absolute Gasteiger partial charge is 0.256 e. The first-order chi connectivity index (χ1) is 11.5. The maximum Gasteiger partial charge on any atom is 0.256 e. The van der Waals surface area contributed by atoms with Crippen LogP contribution in [0.5, 0.6) is 0 Å². The zero-order chi connectivity index (χ0) is 16.8. The summed E-state index contributed by atoms with van der Waals surface area (Å²) in [7, 11) is 1.77. The van der Waals surface area contributed by atoms with Crippen molar-refractivity contribution in [3.8, 4) is 22.6 Å². The number of nitrogens with two attached hydrogens (primary N) is 1. The van der Waals surface area contributed by atoms with E-state index < -0.39 is 5.95 Å². The van der Waals surface area contributed by atoms with Crippen molar-refractivity contribution < 1.29 is 8.91 Å². The van der Waals surface area contributed by atoms with E-state index in [1.807, 2.05) is 0 Å². The van der Waals surface area contributed by atoms with Crippen molar-refractivity contribution in [2.24, 2.45) is 7.05 Å². The zero-order valence-electron chi connectivity index (χ0n) is 12.4. The minimum absolute atomic E-state index is 0.283. The fourth-order valence-corrected chi connectivity index (χ4v) is 2.69. The minimum Gasteiger partial charge on any atom is -0.380 e. The molecule has 1 aromatic carbocycles. The third-order valence-electron chi connectivity index (χ3n) is 3.52. The van der Waals surface area contributed by atoms with Crippen molar-refractivity contribution in [2.75, 3.05) is 5.73 Å². The maximum absolute atomic E-state index is 13.9. The summed E-state index contributed by atoms with van der Waals surface area (Å²) in [6.07, 6.45) is 3.27. The Labute approximate surface area is 139 Å². The van der Waals surface area contributed by atoms with Gasteiger partial charge in [0.15, 0.2) is 11.4 Å². The van der Waals surface area contributed by atoms with Gasteiger partial charge < -0.3 is 10.3 Å². The van der Waals surface area contributed by atoms with E-state index in [2.05, 4.69) is 20.2 Å². The molecule has 3 aromatic heterocycles. The summed E-state index contributed by atoms with van der Waals surface area (Å²) in [6.45, 7) is 0. The van der Waals surface area contributed by atoms with E-state index in [0.29, 0.717) is 32.9 Å². The molecule has 24 heavy (non-hydrogen) atoms. The Balaban J connectivity index is 2.00. The number of anilines is 1. The summed E-state index contributed by atoms with van der Waals surface area (Å²) < 4.78 is 20.6. The fourth-order valence-electron chi connectivity index (χ4n) is 2.43. The largest absolute Gasteiger partial charge is 0.380 e. The van der Waals surface area contributed by atoms with E-state index in [4.69, 9.17) is 21.9 Å². The van der Waals surface area contributed by atoms with Gasteiger partial charge in [0.05, 0.1) is 11.2 Å². The van der Waals surface area contributed by atoms with E-state index in [0.717, 1.165) is 0 Å². The Morgan fingerprint density at radius 1 is 1.25 bits per heavy atom. The van der Waals surface area contributed by atoms with Gasteiger partial charge in [0.25, 0.3) is 5.95 Å². The van der Waals surface area contributed by atoms with Gasteiger partial charge >= 0.3 is 0 Å². The third-order valence-corrected chi connectivity index (χ3v) is 3.80. The molecule has 0 saturated carbocycles. The molecule has 4 rings (SSSR count). The molecule has 0 radical (unpaired) electrons. The van der Waals surface area contributed by atoms with Crippen LogP contribution >= 0.6 is 11.6 Å². The second kappa shape index (κ2) is 5.27. The first-order valence-corrected chi connectivity index (χ1v) is 7.28. The van der Waals surface area contributed by atoms with Gasteiger partial charge in [-0.15, -0.1) is 0 Å². The molecule has 0 aliphatic carbocycles. The Kier molecular flexibility index (Phi) is 3.20. The molecule has 0 fully saturated rings. The van der Waals surface area contributed by atoms with Crippen LogP contribution in [0.3, 0.4) is 0 Å².